The van der Waals surface area contributed by atoms with Crippen LogP contribution in [0.5, 0.6) is 11.5 Å². The van der Waals surface area contributed by atoms with E-state index in [-0.39, 0.29) is 18.5 Å². The van der Waals surface area contributed by atoms with E-state index >= 15 is 0 Å². The van der Waals surface area contributed by atoms with Crippen molar-refractivity contribution < 1.29 is 19.1 Å². The molecule has 1 atom stereocenters. The molecule has 23 heavy (non-hydrogen) atoms. The highest BCUT2D eigenvalue weighted by Gasteiger charge is 2.30. The van der Waals surface area contributed by atoms with Crippen LogP contribution in [0, 0.1) is 0 Å². The summed E-state index contributed by atoms with van der Waals surface area (Å²) < 4.78 is 10.7. The summed E-state index contributed by atoms with van der Waals surface area (Å²) in [6.07, 6.45) is 1.91. The molecular weight excluding hydrogens is 298 g/mol. The van der Waals surface area contributed by atoms with Crippen molar-refractivity contribution in [3.8, 4) is 11.5 Å². The number of nitrogens with zero attached hydrogens (tertiary/aromatic N) is 1. The third-order valence-corrected chi connectivity index (χ3v) is 3.99. The van der Waals surface area contributed by atoms with Gasteiger partial charge in [0.2, 0.25) is 5.91 Å². The van der Waals surface area contributed by atoms with Crippen molar-refractivity contribution in [2.75, 3.05) is 34.4 Å². The summed E-state index contributed by atoms with van der Waals surface area (Å²) in [7, 11) is 4.72. The third-order valence-electron chi connectivity index (χ3n) is 3.99. The van der Waals surface area contributed by atoms with E-state index in [0.29, 0.717) is 0 Å². The van der Waals surface area contributed by atoms with E-state index in [1.807, 2.05) is 18.2 Å². The van der Waals surface area contributed by atoms with Crippen molar-refractivity contribution in [2.24, 2.45) is 0 Å². The number of likely N-dealkylation sites (tertiary alicyclic amines) is 1. The smallest absolute Gasteiger partial charge is 0.321 e. The molecule has 2 N–H and O–H groups in total. The SMILES string of the molecule is CNC(=O)NC(=O)CN1CCCC1c1cc(OC)ccc1OC. The van der Waals surface area contributed by atoms with Crippen LogP contribution >= 0.6 is 0 Å². The van der Waals surface area contributed by atoms with Gasteiger partial charge in [-0.15, -0.1) is 0 Å². The molecule has 0 bridgehead atoms. The van der Waals surface area contributed by atoms with Crippen LogP contribution in [0.1, 0.15) is 24.4 Å². The fourth-order valence-electron chi connectivity index (χ4n) is 2.88. The Balaban J connectivity index is 2.15. The lowest BCUT2D eigenvalue weighted by atomic mass is 10.0. The standard InChI is InChI=1S/C16H23N3O4/c1-17-16(21)18-15(20)10-19-8-4-5-13(19)12-9-11(22-2)6-7-14(12)23-3/h6-7,9,13H,4-5,8,10H2,1-3H3,(H2,17,18,20,21). The molecule has 0 saturated carbocycles. The summed E-state index contributed by atoms with van der Waals surface area (Å²) >= 11 is 0. The second-order valence-corrected chi connectivity index (χ2v) is 5.36. The van der Waals surface area contributed by atoms with Gasteiger partial charge in [0.1, 0.15) is 11.5 Å². The van der Waals surface area contributed by atoms with Crippen LogP contribution in [0.15, 0.2) is 18.2 Å². The van der Waals surface area contributed by atoms with Gasteiger partial charge in [0.05, 0.1) is 20.8 Å². The summed E-state index contributed by atoms with van der Waals surface area (Å²) in [6, 6.07) is 5.23. The second kappa shape index (κ2) is 7.82. The van der Waals surface area contributed by atoms with Crippen molar-refractivity contribution in [3.63, 3.8) is 0 Å². The van der Waals surface area contributed by atoms with Gasteiger partial charge >= 0.3 is 6.03 Å². The number of methoxy groups -OCH3 is 2. The molecule has 0 spiro atoms. The van der Waals surface area contributed by atoms with Crippen LogP contribution in [0.4, 0.5) is 4.79 Å². The zero-order valence-electron chi connectivity index (χ0n) is 13.7. The highest BCUT2D eigenvalue weighted by atomic mass is 16.5. The Morgan fingerprint density at radius 1 is 1.30 bits per heavy atom. The Bertz CT molecular complexity index is 576. The van der Waals surface area contributed by atoms with Gasteiger partial charge in [-0.1, -0.05) is 0 Å². The predicted octanol–water partition coefficient (Wildman–Crippen LogP) is 1.30. The number of carbonyl (C=O) groups excluding carboxylic acids is 2. The van der Waals surface area contributed by atoms with Crippen LogP contribution in [0.2, 0.25) is 0 Å². The molecule has 1 aromatic rings. The molecule has 1 aliphatic heterocycles. The van der Waals surface area contributed by atoms with Crippen LogP contribution < -0.4 is 20.1 Å². The molecule has 1 heterocycles. The summed E-state index contributed by atoms with van der Waals surface area (Å²) in [4.78, 5) is 25.2. The monoisotopic (exact) mass is 321 g/mol. The summed E-state index contributed by atoms with van der Waals surface area (Å²) in [6.45, 7) is 0.963. The Hall–Kier alpha value is -2.28. The second-order valence-electron chi connectivity index (χ2n) is 5.36. The van der Waals surface area contributed by atoms with Crippen LogP contribution in [-0.2, 0) is 4.79 Å². The minimum Gasteiger partial charge on any atom is -0.497 e. The van der Waals surface area contributed by atoms with Gasteiger partial charge in [-0.25, -0.2) is 4.79 Å². The van der Waals surface area contributed by atoms with Crippen LogP contribution in [0.25, 0.3) is 0 Å². The molecule has 0 aliphatic carbocycles. The fraction of sp³-hybridized carbons (Fsp3) is 0.500. The van der Waals surface area contributed by atoms with Crippen molar-refractivity contribution >= 4 is 11.9 Å². The van der Waals surface area contributed by atoms with Crippen molar-refractivity contribution in [1.82, 2.24) is 15.5 Å². The van der Waals surface area contributed by atoms with Gasteiger partial charge in [-0.2, -0.15) is 0 Å². The first-order valence-electron chi connectivity index (χ1n) is 7.56. The number of rotatable bonds is 5. The lowest BCUT2D eigenvalue weighted by Crippen LogP contribution is -2.43. The van der Waals surface area contributed by atoms with Gasteiger partial charge < -0.3 is 14.8 Å². The number of hydrogen-bond donors (Lipinski definition) is 2. The zero-order valence-corrected chi connectivity index (χ0v) is 13.7. The average molecular weight is 321 g/mol. The third kappa shape index (κ3) is 4.13. The normalized spacial score (nSPS) is 17.6. The Morgan fingerprint density at radius 3 is 2.74 bits per heavy atom. The number of carbonyl (C=O) groups is 2. The highest BCUT2D eigenvalue weighted by molar-refractivity contribution is 5.95. The number of nitrogens with one attached hydrogen (secondary N) is 2. The van der Waals surface area contributed by atoms with Gasteiger partial charge in [0.15, 0.2) is 0 Å². The molecule has 2 rings (SSSR count). The molecule has 0 radical (unpaired) electrons. The summed E-state index contributed by atoms with van der Waals surface area (Å²) in [5, 5.41) is 4.66. The van der Waals surface area contributed by atoms with E-state index in [9.17, 15) is 9.59 Å². The molecular formula is C16H23N3O4. The molecule has 7 heteroatoms. The Labute approximate surface area is 135 Å². The van der Waals surface area contributed by atoms with Crippen molar-refractivity contribution in [1.29, 1.82) is 0 Å². The molecule has 1 aromatic carbocycles. The maximum absolute atomic E-state index is 12.0. The molecule has 1 fully saturated rings. The molecule has 126 valence electrons. The first-order chi connectivity index (χ1) is 11.1. The van der Waals surface area contributed by atoms with Gasteiger partial charge in [0, 0.05) is 18.7 Å². The van der Waals surface area contributed by atoms with Crippen LogP contribution in [-0.4, -0.2) is 51.2 Å². The first-order valence-corrected chi connectivity index (χ1v) is 7.56. The van der Waals surface area contributed by atoms with E-state index < -0.39 is 6.03 Å². The number of amides is 3. The molecule has 1 saturated heterocycles. The van der Waals surface area contributed by atoms with Gasteiger partial charge in [-0.05, 0) is 37.6 Å². The molecule has 1 aliphatic rings. The number of ether oxygens (including phenoxy) is 2. The summed E-state index contributed by atoms with van der Waals surface area (Å²) in [5.41, 5.74) is 0.997. The number of urea groups is 1. The fourth-order valence-corrected chi connectivity index (χ4v) is 2.88. The summed E-state index contributed by atoms with van der Waals surface area (Å²) in [5.74, 6) is 1.20. The maximum Gasteiger partial charge on any atom is 0.321 e. The van der Waals surface area contributed by atoms with E-state index in [2.05, 4.69) is 15.5 Å². The maximum atomic E-state index is 12.0. The first kappa shape index (κ1) is 17.1. The lowest BCUT2D eigenvalue weighted by Gasteiger charge is -2.25. The average Bonchev–Trinajstić information content (AvgIpc) is 3.01. The van der Waals surface area contributed by atoms with Gasteiger partial charge in [-0.3, -0.25) is 15.0 Å². The van der Waals surface area contributed by atoms with E-state index in [1.165, 1.54) is 7.05 Å². The molecule has 0 aromatic heterocycles. The lowest BCUT2D eigenvalue weighted by molar-refractivity contribution is -0.121. The predicted molar refractivity (Wildman–Crippen MR) is 85.7 cm³/mol. The number of imide groups is 1. The van der Waals surface area contributed by atoms with Crippen molar-refractivity contribution in [2.45, 2.75) is 18.9 Å². The van der Waals surface area contributed by atoms with E-state index in [0.717, 1.165) is 36.4 Å². The quantitative estimate of drug-likeness (QED) is 0.854. The van der Waals surface area contributed by atoms with Crippen molar-refractivity contribution in [3.05, 3.63) is 23.8 Å². The minimum atomic E-state index is -0.496. The van der Waals surface area contributed by atoms with E-state index in [4.69, 9.17) is 9.47 Å². The highest BCUT2D eigenvalue weighted by Crippen LogP contribution is 2.38. The molecule has 1 unspecified atom stereocenters. The zero-order chi connectivity index (χ0) is 16.8. The topological polar surface area (TPSA) is 79.9 Å². The Kier molecular flexibility index (Phi) is 5.81. The Morgan fingerprint density at radius 2 is 2.09 bits per heavy atom. The van der Waals surface area contributed by atoms with Gasteiger partial charge in [0.25, 0.3) is 0 Å². The molecule has 3 amide bonds. The number of benzene rings is 1. The number of hydrogen-bond acceptors (Lipinski definition) is 5. The molecule has 7 nitrogen and oxygen atoms in total. The van der Waals surface area contributed by atoms with E-state index in [1.54, 1.807) is 14.2 Å². The minimum absolute atomic E-state index is 0.0653. The largest absolute Gasteiger partial charge is 0.497 e. The van der Waals surface area contributed by atoms with Crippen LogP contribution in [0.3, 0.4) is 0 Å².